The van der Waals surface area contributed by atoms with Gasteiger partial charge >= 0.3 is 0 Å². The molecule has 3 aromatic rings. The zero-order chi connectivity index (χ0) is 17.6. The van der Waals surface area contributed by atoms with Crippen LogP contribution in [0.5, 0.6) is 0 Å². The highest BCUT2D eigenvalue weighted by Crippen LogP contribution is 2.23. The number of hydrogen-bond donors (Lipinski definition) is 2. The smallest absolute Gasteiger partial charge is 0.255 e. The van der Waals surface area contributed by atoms with Crippen LogP contribution in [0.1, 0.15) is 10.4 Å². The fourth-order valence-electron chi connectivity index (χ4n) is 2.08. The van der Waals surface area contributed by atoms with Gasteiger partial charge < -0.3 is 10.0 Å². The SMILES string of the molecule is O=C(Nc1cccc(F)c1)c1ccc(SNc2ccc(Cl)cc2)cc1. The van der Waals surface area contributed by atoms with E-state index < -0.39 is 5.82 Å². The number of amides is 1. The zero-order valence-corrected chi connectivity index (χ0v) is 14.6. The van der Waals surface area contributed by atoms with Crippen LogP contribution >= 0.6 is 23.5 Å². The van der Waals surface area contributed by atoms with Crippen molar-refractivity contribution in [1.82, 2.24) is 0 Å². The summed E-state index contributed by atoms with van der Waals surface area (Å²) in [5.41, 5.74) is 1.86. The van der Waals surface area contributed by atoms with E-state index in [4.69, 9.17) is 11.6 Å². The normalized spacial score (nSPS) is 10.3. The lowest BCUT2D eigenvalue weighted by atomic mass is 10.2. The molecule has 6 heteroatoms. The number of anilines is 2. The minimum atomic E-state index is -0.391. The Hall–Kier alpha value is -2.50. The second kappa shape index (κ2) is 8.05. The topological polar surface area (TPSA) is 41.1 Å². The number of nitrogens with one attached hydrogen (secondary N) is 2. The maximum Gasteiger partial charge on any atom is 0.255 e. The molecule has 0 radical (unpaired) electrons. The molecule has 126 valence electrons. The van der Waals surface area contributed by atoms with Gasteiger partial charge in [0, 0.05) is 26.9 Å². The first-order valence-corrected chi connectivity index (χ1v) is 8.65. The highest BCUT2D eigenvalue weighted by molar-refractivity contribution is 8.00. The second-order valence-electron chi connectivity index (χ2n) is 5.20. The molecule has 0 heterocycles. The second-order valence-corrected chi connectivity index (χ2v) is 6.52. The molecule has 3 rings (SSSR count). The first-order chi connectivity index (χ1) is 12.1. The minimum absolute atomic E-state index is 0.284. The van der Waals surface area contributed by atoms with Gasteiger partial charge in [-0.2, -0.15) is 0 Å². The molecule has 25 heavy (non-hydrogen) atoms. The Morgan fingerprint density at radius 2 is 1.64 bits per heavy atom. The van der Waals surface area contributed by atoms with Crippen molar-refractivity contribution in [1.29, 1.82) is 0 Å². The van der Waals surface area contributed by atoms with Gasteiger partial charge in [-0.25, -0.2) is 4.39 Å². The molecule has 0 aromatic heterocycles. The van der Waals surface area contributed by atoms with Gasteiger partial charge in [-0.05, 0) is 78.7 Å². The largest absolute Gasteiger partial charge is 0.326 e. The summed E-state index contributed by atoms with van der Waals surface area (Å²) in [6.07, 6.45) is 0. The Bertz CT molecular complexity index is 869. The van der Waals surface area contributed by atoms with E-state index in [2.05, 4.69) is 10.0 Å². The molecular weight excluding hydrogens is 359 g/mol. The van der Waals surface area contributed by atoms with Gasteiger partial charge in [0.05, 0.1) is 0 Å². The summed E-state index contributed by atoms with van der Waals surface area (Å²) in [6.45, 7) is 0. The van der Waals surface area contributed by atoms with Crippen molar-refractivity contribution in [2.75, 3.05) is 10.0 Å². The Labute approximate surface area is 154 Å². The molecule has 0 aliphatic heterocycles. The van der Waals surface area contributed by atoms with Crippen molar-refractivity contribution >= 4 is 40.8 Å². The lowest BCUT2D eigenvalue weighted by Gasteiger charge is -2.07. The number of carbonyl (C=O) groups is 1. The number of rotatable bonds is 5. The summed E-state index contributed by atoms with van der Waals surface area (Å²) < 4.78 is 16.4. The Morgan fingerprint density at radius 3 is 2.32 bits per heavy atom. The van der Waals surface area contributed by atoms with Gasteiger partial charge in [0.1, 0.15) is 5.82 Å². The highest BCUT2D eigenvalue weighted by Gasteiger charge is 2.07. The van der Waals surface area contributed by atoms with Crippen molar-refractivity contribution in [3.8, 4) is 0 Å². The molecule has 0 bridgehead atoms. The van der Waals surface area contributed by atoms with Crippen LogP contribution in [0.2, 0.25) is 5.02 Å². The molecule has 3 nitrogen and oxygen atoms in total. The van der Waals surface area contributed by atoms with Crippen molar-refractivity contribution in [2.24, 2.45) is 0 Å². The van der Waals surface area contributed by atoms with Crippen LogP contribution in [0, 0.1) is 5.82 Å². The van der Waals surface area contributed by atoms with Crippen molar-refractivity contribution in [3.63, 3.8) is 0 Å². The van der Waals surface area contributed by atoms with Gasteiger partial charge in [0.25, 0.3) is 5.91 Å². The minimum Gasteiger partial charge on any atom is -0.326 e. The van der Waals surface area contributed by atoms with Crippen LogP contribution in [0.25, 0.3) is 0 Å². The van der Waals surface area contributed by atoms with Crippen LogP contribution in [0.15, 0.2) is 77.7 Å². The Kier molecular flexibility index (Phi) is 5.58. The highest BCUT2D eigenvalue weighted by atomic mass is 35.5. The third-order valence-electron chi connectivity index (χ3n) is 3.33. The monoisotopic (exact) mass is 372 g/mol. The Morgan fingerprint density at radius 1 is 0.920 bits per heavy atom. The van der Waals surface area contributed by atoms with E-state index >= 15 is 0 Å². The maximum atomic E-state index is 13.2. The summed E-state index contributed by atoms with van der Waals surface area (Å²) in [5, 5.41) is 3.35. The third-order valence-corrected chi connectivity index (χ3v) is 4.43. The summed E-state index contributed by atoms with van der Waals surface area (Å²) in [6, 6.07) is 20.3. The lowest BCUT2D eigenvalue weighted by molar-refractivity contribution is 0.102. The lowest BCUT2D eigenvalue weighted by Crippen LogP contribution is -2.11. The average Bonchev–Trinajstić information content (AvgIpc) is 2.62. The molecule has 0 aliphatic carbocycles. The fraction of sp³-hybridized carbons (Fsp3) is 0. The van der Waals surface area contributed by atoms with E-state index in [-0.39, 0.29) is 5.91 Å². The summed E-state index contributed by atoms with van der Waals surface area (Å²) in [4.78, 5) is 13.1. The molecule has 0 atom stereocenters. The van der Waals surface area contributed by atoms with E-state index in [1.807, 2.05) is 36.4 Å². The number of benzene rings is 3. The predicted molar refractivity (Wildman–Crippen MR) is 102 cm³/mol. The van der Waals surface area contributed by atoms with Gasteiger partial charge in [-0.1, -0.05) is 17.7 Å². The molecule has 0 spiro atoms. The van der Waals surface area contributed by atoms with Crippen LogP contribution in [-0.2, 0) is 0 Å². The molecule has 1 amide bonds. The third kappa shape index (κ3) is 4.98. The molecule has 0 unspecified atom stereocenters. The van der Waals surface area contributed by atoms with Gasteiger partial charge in [-0.3, -0.25) is 4.79 Å². The summed E-state index contributed by atoms with van der Waals surface area (Å²) in [7, 11) is 0. The first-order valence-electron chi connectivity index (χ1n) is 7.45. The molecule has 0 aliphatic rings. The van der Waals surface area contributed by atoms with Crippen molar-refractivity contribution < 1.29 is 9.18 Å². The number of hydrogen-bond acceptors (Lipinski definition) is 3. The van der Waals surface area contributed by atoms with E-state index in [0.717, 1.165) is 10.6 Å². The van der Waals surface area contributed by atoms with Gasteiger partial charge in [0.15, 0.2) is 0 Å². The molecule has 0 saturated carbocycles. The number of halogens is 2. The number of carbonyl (C=O) groups excluding carboxylic acids is 1. The quantitative estimate of drug-likeness (QED) is 0.552. The van der Waals surface area contributed by atoms with Crippen LogP contribution in [0.3, 0.4) is 0 Å². The average molecular weight is 373 g/mol. The van der Waals surface area contributed by atoms with Crippen LogP contribution < -0.4 is 10.0 Å². The van der Waals surface area contributed by atoms with Gasteiger partial charge in [0.2, 0.25) is 0 Å². The van der Waals surface area contributed by atoms with Crippen LogP contribution in [0.4, 0.5) is 15.8 Å². The van der Waals surface area contributed by atoms with Crippen LogP contribution in [-0.4, -0.2) is 5.91 Å². The van der Waals surface area contributed by atoms with Crippen molar-refractivity contribution in [2.45, 2.75) is 4.90 Å². The maximum absolute atomic E-state index is 13.2. The zero-order valence-electron chi connectivity index (χ0n) is 13.0. The summed E-state index contributed by atoms with van der Waals surface area (Å²) >= 11 is 7.28. The first kappa shape index (κ1) is 17.3. The summed E-state index contributed by atoms with van der Waals surface area (Å²) in [5.74, 6) is -0.675. The molecule has 0 fully saturated rings. The van der Waals surface area contributed by atoms with E-state index in [0.29, 0.717) is 16.3 Å². The van der Waals surface area contributed by atoms with E-state index in [9.17, 15) is 9.18 Å². The standard InChI is InChI=1S/C19H14ClFN2OS/c20-14-6-8-16(9-7-14)23-25-18-10-4-13(5-11-18)19(24)22-17-3-1-2-15(21)12-17/h1-12,23H,(H,22,24). The molecule has 2 N–H and O–H groups in total. The van der Waals surface area contributed by atoms with Gasteiger partial charge in [-0.15, -0.1) is 0 Å². The molecule has 0 saturated heterocycles. The predicted octanol–water partition coefficient (Wildman–Crippen LogP) is 5.85. The molecule has 3 aromatic carbocycles. The van der Waals surface area contributed by atoms with E-state index in [1.165, 1.54) is 24.1 Å². The Balaban J connectivity index is 1.59. The van der Waals surface area contributed by atoms with E-state index in [1.54, 1.807) is 24.3 Å². The fourth-order valence-corrected chi connectivity index (χ4v) is 2.85. The molecular formula is C19H14ClFN2OS. The van der Waals surface area contributed by atoms with Crippen molar-refractivity contribution in [3.05, 3.63) is 89.2 Å².